The van der Waals surface area contributed by atoms with Gasteiger partial charge in [0, 0.05) is 16.9 Å². The molecule has 1 aromatic heterocycles. The molecule has 1 nitrogen and oxygen atoms in total. The van der Waals surface area contributed by atoms with Crippen LogP contribution in [-0.2, 0) is 5.33 Å². The molecule has 0 unspecified atom stereocenters. The zero-order chi connectivity index (χ0) is 8.39. The standard InChI is InChI=1S/C10H8BrN.BrH/c11-6-8-5-9-3-1-2-4-10(9)12-7-8;/h1-5,7H,6H2;1H. The number of nitrogens with zero attached hydrogens (tertiary/aromatic N) is 1. The molecule has 0 atom stereocenters. The van der Waals surface area contributed by atoms with Crippen LogP contribution in [-0.4, -0.2) is 4.98 Å². The Morgan fingerprint density at radius 2 is 2.00 bits per heavy atom. The van der Waals surface area contributed by atoms with Crippen LogP contribution < -0.4 is 0 Å². The van der Waals surface area contributed by atoms with E-state index in [1.54, 1.807) is 0 Å². The molecule has 0 amide bonds. The maximum atomic E-state index is 4.32. The van der Waals surface area contributed by atoms with Gasteiger partial charge in [0.15, 0.2) is 0 Å². The van der Waals surface area contributed by atoms with Gasteiger partial charge < -0.3 is 0 Å². The normalized spacial score (nSPS) is 9.62. The molecule has 0 bridgehead atoms. The molecule has 3 heteroatoms. The van der Waals surface area contributed by atoms with Gasteiger partial charge in [-0.05, 0) is 17.7 Å². The summed E-state index contributed by atoms with van der Waals surface area (Å²) in [5, 5.41) is 2.07. The first kappa shape index (κ1) is 10.7. The van der Waals surface area contributed by atoms with E-state index in [-0.39, 0.29) is 17.0 Å². The van der Waals surface area contributed by atoms with Crippen LogP contribution in [0, 0.1) is 0 Å². The van der Waals surface area contributed by atoms with Crippen molar-refractivity contribution in [1.82, 2.24) is 4.98 Å². The van der Waals surface area contributed by atoms with Gasteiger partial charge in [-0.2, -0.15) is 0 Å². The van der Waals surface area contributed by atoms with Gasteiger partial charge in [0.2, 0.25) is 0 Å². The van der Waals surface area contributed by atoms with Crippen molar-refractivity contribution in [2.45, 2.75) is 5.33 Å². The highest BCUT2D eigenvalue weighted by atomic mass is 79.9. The molecule has 0 aliphatic heterocycles. The first-order valence-electron chi connectivity index (χ1n) is 3.80. The number of hydrogen-bond donors (Lipinski definition) is 0. The lowest BCUT2D eigenvalue weighted by Gasteiger charge is -1.98. The van der Waals surface area contributed by atoms with E-state index in [0.29, 0.717) is 0 Å². The monoisotopic (exact) mass is 301 g/mol. The molecule has 0 aliphatic rings. The van der Waals surface area contributed by atoms with E-state index in [2.05, 4.69) is 33.0 Å². The molecule has 0 aliphatic carbocycles. The van der Waals surface area contributed by atoms with Gasteiger partial charge in [-0.15, -0.1) is 17.0 Å². The second-order valence-corrected chi connectivity index (χ2v) is 3.23. The number of para-hydroxylation sites is 1. The number of rotatable bonds is 1. The van der Waals surface area contributed by atoms with Crippen LogP contribution in [0.25, 0.3) is 10.9 Å². The Hall–Kier alpha value is -0.410. The van der Waals surface area contributed by atoms with Gasteiger partial charge in [-0.3, -0.25) is 4.98 Å². The average molecular weight is 303 g/mol. The summed E-state index contributed by atoms with van der Waals surface area (Å²) in [7, 11) is 0. The number of benzene rings is 1. The first-order valence-corrected chi connectivity index (χ1v) is 4.92. The summed E-state index contributed by atoms with van der Waals surface area (Å²) >= 11 is 3.40. The molecular weight excluding hydrogens is 294 g/mol. The van der Waals surface area contributed by atoms with Gasteiger partial charge in [0.1, 0.15) is 0 Å². The minimum absolute atomic E-state index is 0. The van der Waals surface area contributed by atoms with Crippen LogP contribution in [0.2, 0.25) is 0 Å². The Bertz CT molecular complexity index is 401. The second-order valence-electron chi connectivity index (χ2n) is 2.67. The van der Waals surface area contributed by atoms with E-state index in [1.165, 1.54) is 10.9 Å². The molecule has 0 spiro atoms. The van der Waals surface area contributed by atoms with Crippen molar-refractivity contribution in [2.75, 3.05) is 0 Å². The Balaban J connectivity index is 0.000000845. The number of aromatic nitrogens is 1. The van der Waals surface area contributed by atoms with Crippen molar-refractivity contribution in [1.29, 1.82) is 0 Å². The van der Waals surface area contributed by atoms with Crippen molar-refractivity contribution in [2.24, 2.45) is 0 Å². The van der Waals surface area contributed by atoms with Crippen LogP contribution >= 0.6 is 32.9 Å². The van der Waals surface area contributed by atoms with E-state index >= 15 is 0 Å². The summed E-state index contributed by atoms with van der Waals surface area (Å²) in [4.78, 5) is 4.32. The molecule has 0 radical (unpaired) electrons. The summed E-state index contributed by atoms with van der Waals surface area (Å²) in [6.45, 7) is 0. The van der Waals surface area contributed by atoms with E-state index in [4.69, 9.17) is 0 Å². The average Bonchev–Trinajstić information content (AvgIpc) is 2.17. The lowest BCUT2D eigenvalue weighted by atomic mass is 10.2. The Morgan fingerprint density at radius 1 is 1.23 bits per heavy atom. The molecule has 0 N–H and O–H groups in total. The molecule has 2 aromatic rings. The quantitative estimate of drug-likeness (QED) is 0.732. The third kappa shape index (κ3) is 2.29. The van der Waals surface area contributed by atoms with Crippen molar-refractivity contribution in [3.05, 3.63) is 42.1 Å². The smallest absolute Gasteiger partial charge is 0.0702 e. The van der Waals surface area contributed by atoms with Gasteiger partial charge in [-0.1, -0.05) is 34.1 Å². The molecule has 1 aromatic carbocycles. The molecule has 0 fully saturated rings. The highest BCUT2D eigenvalue weighted by molar-refractivity contribution is 9.08. The largest absolute Gasteiger partial charge is 0.256 e. The summed E-state index contributed by atoms with van der Waals surface area (Å²) in [6, 6.07) is 10.3. The first-order chi connectivity index (χ1) is 5.90. The Kier molecular flexibility index (Phi) is 3.88. The van der Waals surface area contributed by atoms with Crippen molar-refractivity contribution >= 4 is 43.8 Å². The predicted molar refractivity (Wildman–Crippen MR) is 64.7 cm³/mol. The molecule has 2 rings (SSSR count). The van der Waals surface area contributed by atoms with E-state index < -0.39 is 0 Å². The lowest BCUT2D eigenvalue weighted by molar-refractivity contribution is 1.32. The predicted octanol–water partition coefficient (Wildman–Crippen LogP) is 3.71. The molecule has 1 heterocycles. The fourth-order valence-corrected chi connectivity index (χ4v) is 1.50. The number of halogens is 2. The number of pyridine rings is 1. The van der Waals surface area contributed by atoms with E-state index in [1.807, 2.05) is 24.4 Å². The maximum absolute atomic E-state index is 4.32. The third-order valence-electron chi connectivity index (χ3n) is 1.80. The van der Waals surface area contributed by atoms with Gasteiger partial charge in [-0.25, -0.2) is 0 Å². The third-order valence-corrected chi connectivity index (χ3v) is 2.45. The SMILES string of the molecule is Br.BrCc1cnc2ccccc2c1. The Labute approximate surface area is 96.1 Å². The van der Waals surface area contributed by atoms with Crippen LogP contribution in [0.5, 0.6) is 0 Å². The molecule has 13 heavy (non-hydrogen) atoms. The molecule has 0 saturated heterocycles. The highest BCUT2D eigenvalue weighted by Crippen LogP contribution is 2.13. The summed E-state index contributed by atoms with van der Waals surface area (Å²) in [5.74, 6) is 0. The fraction of sp³-hybridized carbons (Fsp3) is 0.100. The van der Waals surface area contributed by atoms with Gasteiger partial charge >= 0.3 is 0 Å². The second kappa shape index (κ2) is 4.72. The van der Waals surface area contributed by atoms with E-state index in [0.717, 1.165) is 10.8 Å². The maximum Gasteiger partial charge on any atom is 0.0702 e. The fourth-order valence-electron chi connectivity index (χ4n) is 1.19. The number of fused-ring (bicyclic) bond motifs is 1. The zero-order valence-corrected chi connectivity index (χ0v) is 10.2. The number of alkyl halides is 1. The Morgan fingerprint density at radius 3 is 2.77 bits per heavy atom. The lowest BCUT2D eigenvalue weighted by Crippen LogP contribution is -1.82. The van der Waals surface area contributed by atoms with E-state index in [9.17, 15) is 0 Å². The minimum atomic E-state index is 0. The van der Waals surface area contributed by atoms with Gasteiger partial charge in [0.05, 0.1) is 5.52 Å². The summed E-state index contributed by atoms with van der Waals surface area (Å²) < 4.78 is 0. The van der Waals surface area contributed by atoms with Crippen molar-refractivity contribution in [3.8, 4) is 0 Å². The summed E-state index contributed by atoms with van der Waals surface area (Å²) in [6.07, 6.45) is 1.90. The molecular formula is C10H9Br2N. The summed E-state index contributed by atoms with van der Waals surface area (Å²) in [5.41, 5.74) is 2.27. The molecule has 68 valence electrons. The molecule has 0 saturated carbocycles. The highest BCUT2D eigenvalue weighted by Gasteiger charge is 1.94. The topological polar surface area (TPSA) is 12.9 Å². The number of hydrogen-bond acceptors (Lipinski definition) is 1. The van der Waals surface area contributed by atoms with Crippen LogP contribution in [0.15, 0.2) is 36.5 Å². The minimum Gasteiger partial charge on any atom is -0.256 e. The van der Waals surface area contributed by atoms with Gasteiger partial charge in [0.25, 0.3) is 0 Å². The zero-order valence-electron chi connectivity index (χ0n) is 6.90. The van der Waals surface area contributed by atoms with Crippen molar-refractivity contribution < 1.29 is 0 Å². The van der Waals surface area contributed by atoms with Crippen LogP contribution in [0.3, 0.4) is 0 Å². The van der Waals surface area contributed by atoms with Crippen molar-refractivity contribution in [3.63, 3.8) is 0 Å². The van der Waals surface area contributed by atoms with Crippen LogP contribution in [0.1, 0.15) is 5.56 Å². The van der Waals surface area contributed by atoms with Crippen LogP contribution in [0.4, 0.5) is 0 Å².